The first-order chi connectivity index (χ1) is 9.40. The van der Waals surface area contributed by atoms with E-state index in [9.17, 15) is 0 Å². The fourth-order valence-corrected chi connectivity index (χ4v) is 2.97. The summed E-state index contributed by atoms with van der Waals surface area (Å²) in [5.41, 5.74) is 4.00. The molecule has 3 nitrogen and oxygen atoms in total. The Morgan fingerprint density at radius 3 is 2.63 bits per heavy atom. The molecule has 2 heterocycles. The molecule has 0 radical (unpaired) electrons. The molecule has 0 aliphatic carbocycles. The minimum atomic E-state index is 0.638. The minimum Gasteiger partial charge on any atom is -0.317 e. The Morgan fingerprint density at radius 2 is 1.95 bits per heavy atom. The van der Waals surface area contributed by atoms with E-state index >= 15 is 0 Å². The van der Waals surface area contributed by atoms with E-state index in [1.54, 1.807) is 0 Å². The topological polar surface area (TPSA) is 29.9 Å². The third-order valence-corrected chi connectivity index (χ3v) is 3.99. The Kier molecular flexibility index (Phi) is 3.65. The van der Waals surface area contributed by atoms with Crippen molar-refractivity contribution in [1.82, 2.24) is 15.1 Å². The molecule has 0 atom stereocenters. The summed E-state index contributed by atoms with van der Waals surface area (Å²) in [6.45, 7) is 4.46. The van der Waals surface area contributed by atoms with Gasteiger partial charge in [0, 0.05) is 5.92 Å². The number of nitrogens with zero attached hydrogens (tertiary/aromatic N) is 2. The number of rotatable bonds is 3. The normalized spacial score (nSPS) is 16.7. The summed E-state index contributed by atoms with van der Waals surface area (Å²) in [5, 5.41) is 8.07. The van der Waals surface area contributed by atoms with Gasteiger partial charge in [0.2, 0.25) is 0 Å². The molecule has 1 N–H and O–H groups in total. The number of hydrogen-bond donors (Lipinski definition) is 1. The van der Waals surface area contributed by atoms with E-state index in [0.717, 1.165) is 19.5 Å². The third-order valence-electron chi connectivity index (χ3n) is 3.99. The van der Waals surface area contributed by atoms with Crippen LogP contribution in [0.15, 0.2) is 36.5 Å². The number of benzene rings is 1. The van der Waals surface area contributed by atoms with Crippen LogP contribution in [0.5, 0.6) is 0 Å². The highest BCUT2D eigenvalue weighted by Crippen LogP contribution is 2.30. The Morgan fingerprint density at radius 1 is 1.21 bits per heavy atom. The number of aryl methyl sites for hydroxylation is 1. The van der Waals surface area contributed by atoms with Crippen molar-refractivity contribution in [3.63, 3.8) is 0 Å². The van der Waals surface area contributed by atoms with Crippen molar-refractivity contribution in [3.05, 3.63) is 47.8 Å². The lowest BCUT2D eigenvalue weighted by Crippen LogP contribution is -2.28. The van der Waals surface area contributed by atoms with Crippen molar-refractivity contribution >= 4 is 0 Å². The maximum Gasteiger partial charge on any atom is 0.0649 e. The summed E-state index contributed by atoms with van der Waals surface area (Å²) in [5.74, 6) is 0.638. The van der Waals surface area contributed by atoms with E-state index in [1.165, 1.54) is 29.8 Å². The molecule has 1 fully saturated rings. The van der Waals surface area contributed by atoms with Crippen LogP contribution in [0.1, 0.15) is 36.9 Å². The van der Waals surface area contributed by atoms with Crippen LogP contribution in [-0.4, -0.2) is 22.9 Å². The zero-order chi connectivity index (χ0) is 13.1. The van der Waals surface area contributed by atoms with Crippen LogP contribution in [0.4, 0.5) is 0 Å². The Labute approximate surface area is 114 Å². The van der Waals surface area contributed by atoms with Crippen molar-refractivity contribution in [3.8, 4) is 5.69 Å². The number of piperidine rings is 1. The molecule has 1 aliphatic rings. The molecule has 3 rings (SSSR count). The summed E-state index contributed by atoms with van der Waals surface area (Å²) < 4.78 is 2.15. The van der Waals surface area contributed by atoms with Crippen molar-refractivity contribution in [2.24, 2.45) is 0 Å². The van der Waals surface area contributed by atoms with Gasteiger partial charge in [-0.25, -0.2) is 4.68 Å². The van der Waals surface area contributed by atoms with Gasteiger partial charge in [0.1, 0.15) is 0 Å². The lowest BCUT2D eigenvalue weighted by Gasteiger charge is -2.24. The zero-order valence-corrected chi connectivity index (χ0v) is 11.5. The molecule has 19 heavy (non-hydrogen) atoms. The quantitative estimate of drug-likeness (QED) is 0.914. The highest BCUT2D eigenvalue weighted by atomic mass is 15.3. The zero-order valence-electron chi connectivity index (χ0n) is 11.5. The molecule has 1 aliphatic heterocycles. The lowest BCUT2D eigenvalue weighted by molar-refractivity contribution is 0.444. The highest BCUT2D eigenvalue weighted by Gasteiger charge is 2.22. The molecule has 1 saturated heterocycles. The van der Waals surface area contributed by atoms with Crippen LogP contribution in [0.2, 0.25) is 0 Å². The molecule has 0 bridgehead atoms. The Balaban J connectivity index is 2.03. The van der Waals surface area contributed by atoms with Gasteiger partial charge in [-0.05, 0) is 50.0 Å². The largest absolute Gasteiger partial charge is 0.317 e. The second-order valence-electron chi connectivity index (χ2n) is 5.18. The maximum atomic E-state index is 4.63. The van der Waals surface area contributed by atoms with Gasteiger partial charge in [0.15, 0.2) is 0 Å². The van der Waals surface area contributed by atoms with Gasteiger partial charge in [0.25, 0.3) is 0 Å². The maximum absolute atomic E-state index is 4.63. The highest BCUT2D eigenvalue weighted by molar-refractivity contribution is 5.36. The molecule has 2 aromatic rings. The summed E-state index contributed by atoms with van der Waals surface area (Å²) in [4.78, 5) is 0. The average molecular weight is 255 g/mol. The fraction of sp³-hybridized carbons (Fsp3) is 0.438. The predicted molar refractivity (Wildman–Crippen MR) is 77.8 cm³/mol. The molecule has 100 valence electrons. The predicted octanol–water partition coefficient (Wildman–Crippen LogP) is 2.90. The standard InChI is InChI=1S/C16H21N3/c1-2-13-12-18-19(15-6-4-3-5-7-15)16(13)14-8-10-17-11-9-14/h3-7,12,14,17H,2,8-11H2,1H3. The van der Waals surface area contributed by atoms with E-state index in [1.807, 2.05) is 6.20 Å². The number of nitrogens with one attached hydrogen (secondary N) is 1. The summed E-state index contributed by atoms with van der Waals surface area (Å²) in [7, 11) is 0. The number of aromatic nitrogens is 2. The van der Waals surface area contributed by atoms with Gasteiger partial charge in [-0.15, -0.1) is 0 Å². The molecule has 0 spiro atoms. The van der Waals surface area contributed by atoms with Gasteiger partial charge in [0.05, 0.1) is 17.6 Å². The van der Waals surface area contributed by atoms with E-state index in [0.29, 0.717) is 5.92 Å². The minimum absolute atomic E-state index is 0.638. The molecule has 1 aromatic heterocycles. The third kappa shape index (κ3) is 2.43. The molecule has 3 heteroatoms. The van der Waals surface area contributed by atoms with Crippen LogP contribution in [-0.2, 0) is 6.42 Å². The molecule has 1 aromatic carbocycles. The van der Waals surface area contributed by atoms with Crippen molar-refractivity contribution in [1.29, 1.82) is 0 Å². The van der Waals surface area contributed by atoms with Crippen molar-refractivity contribution < 1.29 is 0 Å². The van der Waals surface area contributed by atoms with Gasteiger partial charge < -0.3 is 5.32 Å². The van der Waals surface area contributed by atoms with E-state index in [2.05, 4.69) is 52.4 Å². The summed E-state index contributed by atoms with van der Waals surface area (Å²) in [6.07, 6.45) is 5.54. The van der Waals surface area contributed by atoms with Crippen LogP contribution >= 0.6 is 0 Å². The first-order valence-electron chi connectivity index (χ1n) is 7.23. The van der Waals surface area contributed by atoms with Gasteiger partial charge in [-0.3, -0.25) is 0 Å². The van der Waals surface area contributed by atoms with Crippen LogP contribution in [0, 0.1) is 0 Å². The average Bonchev–Trinajstić information content (AvgIpc) is 2.93. The van der Waals surface area contributed by atoms with E-state index in [4.69, 9.17) is 0 Å². The Hall–Kier alpha value is -1.61. The van der Waals surface area contributed by atoms with Crippen LogP contribution < -0.4 is 5.32 Å². The second-order valence-corrected chi connectivity index (χ2v) is 5.18. The van der Waals surface area contributed by atoms with Crippen LogP contribution in [0.3, 0.4) is 0 Å². The number of para-hydroxylation sites is 1. The summed E-state index contributed by atoms with van der Waals surface area (Å²) in [6, 6.07) is 10.5. The van der Waals surface area contributed by atoms with Crippen molar-refractivity contribution in [2.75, 3.05) is 13.1 Å². The fourth-order valence-electron chi connectivity index (χ4n) is 2.97. The van der Waals surface area contributed by atoms with Gasteiger partial charge in [-0.2, -0.15) is 5.10 Å². The smallest absolute Gasteiger partial charge is 0.0649 e. The Bertz CT molecular complexity index is 524. The second kappa shape index (κ2) is 5.57. The van der Waals surface area contributed by atoms with Gasteiger partial charge in [-0.1, -0.05) is 25.1 Å². The van der Waals surface area contributed by atoms with Gasteiger partial charge >= 0.3 is 0 Å². The van der Waals surface area contributed by atoms with E-state index in [-0.39, 0.29) is 0 Å². The van der Waals surface area contributed by atoms with E-state index < -0.39 is 0 Å². The SMILES string of the molecule is CCc1cnn(-c2ccccc2)c1C1CCNCC1. The molecule has 0 unspecified atom stereocenters. The van der Waals surface area contributed by atoms with Crippen LogP contribution in [0.25, 0.3) is 5.69 Å². The van der Waals surface area contributed by atoms with Crippen molar-refractivity contribution in [2.45, 2.75) is 32.1 Å². The lowest BCUT2D eigenvalue weighted by atomic mass is 9.91. The monoisotopic (exact) mass is 255 g/mol. The first kappa shape index (κ1) is 12.4. The molecular formula is C16H21N3. The molecular weight excluding hydrogens is 234 g/mol. The first-order valence-corrected chi connectivity index (χ1v) is 7.23. The number of hydrogen-bond acceptors (Lipinski definition) is 2. The molecule has 0 saturated carbocycles. The summed E-state index contributed by atoms with van der Waals surface area (Å²) >= 11 is 0. The molecule has 0 amide bonds.